The highest BCUT2D eigenvalue weighted by Crippen LogP contribution is 2.31. The highest BCUT2D eigenvalue weighted by atomic mass is 32.2. The Kier molecular flexibility index (Phi) is 6.85. The van der Waals surface area contributed by atoms with Crippen molar-refractivity contribution >= 4 is 11.8 Å². The van der Waals surface area contributed by atoms with E-state index in [1.807, 2.05) is 0 Å². The Bertz CT molecular complexity index is 206. The molecule has 0 amide bonds. The minimum absolute atomic E-state index is 0.214. The summed E-state index contributed by atoms with van der Waals surface area (Å²) in [4.78, 5) is 2.58. The highest BCUT2D eigenvalue weighted by Gasteiger charge is 2.37. The Morgan fingerprint density at radius 3 is 2.71 bits per heavy atom. The molecule has 1 aliphatic heterocycles. The zero-order valence-electron chi connectivity index (χ0n) is 11.6. The summed E-state index contributed by atoms with van der Waals surface area (Å²) in [7, 11) is 1.78. The van der Waals surface area contributed by atoms with Gasteiger partial charge in [-0.1, -0.05) is 13.8 Å². The molecule has 0 aromatic rings. The summed E-state index contributed by atoms with van der Waals surface area (Å²) < 4.78 is 5.24. The lowest BCUT2D eigenvalue weighted by Gasteiger charge is -2.46. The molecule has 3 nitrogen and oxygen atoms in total. The van der Waals surface area contributed by atoms with Crippen molar-refractivity contribution in [1.82, 2.24) is 4.90 Å². The fraction of sp³-hybridized carbons (Fsp3) is 1.00. The molecule has 1 rings (SSSR count). The van der Waals surface area contributed by atoms with Gasteiger partial charge < -0.3 is 10.5 Å². The first-order chi connectivity index (χ1) is 8.14. The van der Waals surface area contributed by atoms with Crippen molar-refractivity contribution in [3.8, 4) is 0 Å². The minimum atomic E-state index is 0.214. The van der Waals surface area contributed by atoms with Gasteiger partial charge in [-0.25, -0.2) is 0 Å². The van der Waals surface area contributed by atoms with Gasteiger partial charge >= 0.3 is 0 Å². The lowest BCUT2D eigenvalue weighted by molar-refractivity contribution is 0.0562. The predicted molar refractivity (Wildman–Crippen MR) is 76.6 cm³/mol. The monoisotopic (exact) mass is 260 g/mol. The van der Waals surface area contributed by atoms with E-state index in [1.54, 1.807) is 7.11 Å². The van der Waals surface area contributed by atoms with Gasteiger partial charge in [0.25, 0.3) is 0 Å². The summed E-state index contributed by atoms with van der Waals surface area (Å²) in [6.07, 6.45) is 2.54. The lowest BCUT2D eigenvalue weighted by Crippen LogP contribution is -2.58. The van der Waals surface area contributed by atoms with E-state index in [9.17, 15) is 0 Å². The van der Waals surface area contributed by atoms with Crippen molar-refractivity contribution in [2.24, 2.45) is 11.7 Å². The van der Waals surface area contributed by atoms with Gasteiger partial charge in [-0.3, -0.25) is 4.90 Å². The molecule has 0 radical (unpaired) electrons. The van der Waals surface area contributed by atoms with Crippen LogP contribution in [-0.4, -0.2) is 55.3 Å². The summed E-state index contributed by atoms with van der Waals surface area (Å²) in [5.41, 5.74) is 6.30. The maximum Gasteiger partial charge on any atom is 0.0589 e. The van der Waals surface area contributed by atoms with E-state index in [1.165, 1.54) is 24.3 Å². The molecule has 102 valence electrons. The summed E-state index contributed by atoms with van der Waals surface area (Å²) in [5.74, 6) is 3.16. The molecular formula is C13H28N2OS. The molecule has 17 heavy (non-hydrogen) atoms. The minimum Gasteiger partial charge on any atom is -0.383 e. The third-order valence-electron chi connectivity index (χ3n) is 3.50. The van der Waals surface area contributed by atoms with Gasteiger partial charge in [-0.15, -0.1) is 0 Å². The quantitative estimate of drug-likeness (QED) is 0.758. The van der Waals surface area contributed by atoms with Crippen LogP contribution in [0.25, 0.3) is 0 Å². The van der Waals surface area contributed by atoms with Crippen LogP contribution in [-0.2, 0) is 4.74 Å². The topological polar surface area (TPSA) is 38.5 Å². The number of nitrogens with two attached hydrogens (primary N) is 1. The van der Waals surface area contributed by atoms with Crippen molar-refractivity contribution in [2.75, 3.05) is 44.9 Å². The van der Waals surface area contributed by atoms with Crippen molar-refractivity contribution in [2.45, 2.75) is 32.2 Å². The van der Waals surface area contributed by atoms with Crippen molar-refractivity contribution in [1.29, 1.82) is 0 Å². The first-order valence-electron chi connectivity index (χ1n) is 6.66. The smallest absolute Gasteiger partial charge is 0.0589 e. The molecule has 0 spiro atoms. The number of nitrogens with zero attached hydrogens (tertiary/aromatic N) is 1. The van der Waals surface area contributed by atoms with E-state index in [2.05, 4.69) is 30.5 Å². The van der Waals surface area contributed by atoms with E-state index in [0.29, 0.717) is 5.92 Å². The lowest BCUT2D eigenvalue weighted by atomic mass is 9.92. The molecule has 0 bridgehead atoms. The van der Waals surface area contributed by atoms with Crippen molar-refractivity contribution < 1.29 is 4.74 Å². The van der Waals surface area contributed by atoms with Gasteiger partial charge in [0.1, 0.15) is 0 Å². The second-order valence-electron chi connectivity index (χ2n) is 5.42. The molecule has 2 N–H and O–H groups in total. The van der Waals surface area contributed by atoms with Crippen LogP contribution in [0.3, 0.4) is 0 Å². The molecular weight excluding hydrogens is 232 g/mol. The zero-order valence-corrected chi connectivity index (χ0v) is 12.4. The SMILES string of the molecule is COCCN(CC(C)C)C1(CN)CCCSC1. The summed E-state index contributed by atoms with van der Waals surface area (Å²) in [6.45, 7) is 8.27. The first kappa shape index (κ1) is 15.3. The number of hydrogen-bond donors (Lipinski definition) is 1. The van der Waals surface area contributed by atoms with Gasteiger partial charge in [-0.2, -0.15) is 11.8 Å². The second-order valence-corrected chi connectivity index (χ2v) is 6.52. The second kappa shape index (κ2) is 7.62. The Morgan fingerprint density at radius 1 is 1.47 bits per heavy atom. The maximum atomic E-state index is 6.09. The third-order valence-corrected chi connectivity index (χ3v) is 4.82. The number of hydrogen-bond acceptors (Lipinski definition) is 4. The predicted octanol–water partition coefficient (Wildman–Crippen LogP) is 1.82. The Hall–Kier alpha value is 0.230. The van der Waals surface area contributed by atoms with E-state index in [-0.39, 0.29) is 5.54 Å². The maximum absolute atomic E-state index is 6.09. The molecule has 0 aliphatic carbocycles. The summed E-state index contributed by atoms with van der Waals surface area (Å²) in [6, 6.07) is 0. The fourth-order valence-electron chi connectivity index (χ4n) is 2.54. The van der Waals surface area contributed by atoms with Crippen molar-refractivity contribution in [3.05, 3.63) is 0 Å². The molecule has 0 aromatic heterocycles. The van der Waals surface area contributed by atoms with E-state index >= 15 is 0 Å². The molecule has 0 aromatic carbocycles. The van der Waals surface area contributed by atoms with Gasteiger partial charge in [0.2, 0.25) is 0 Å². The van der Waals surface area contributed by atoms with Crippen LogP contribution in [0.15, 0.2) is 0 Å². The molecule has 1 fully saturated rings. The van der Waals surface area contributed by atoms with Crippen molar-refractivity contribution in [3.63, 3.8) is 0 Å². The Labute approximate surface area is 110 Å². The average Bonchev–Trinajstić information content (AvgIpc) is 2.35. The van der Waals surface area contributed by atoms with Gasteiger partial charge in [-0.05, 0) is 24.5 Å². The molecule has 4 heteroatoms. The van der Waals surface area contributed by atoms with Crippen LogP contribution in [0.2, 0.25) is 0 Å². The van der Waals surface area contributed by atoms with Gasteiger partial charge in [0.15, 0.2) is 0 Å². The molecule has 1 heterocycles. The molecule has 0 saturated carbocycles. The Morgan fingerprint density at radius 2 is 2.24 bits per heavy atom. The van der Waals surface area contributed by atoms with Crippen LogP contribution in [0.1, 0.15) is 26.7 Å². The van der Waals surface area contributed by atoms with E-state index < -0.39 is 0 Å². The zero-order chi connectivity index (χ0) is 12.7. The summed E-state index contributed by atoms with van der Waals surface area (Å²) >= 11 is 2.05. The Balaban J connectivity index is 2.68. The highest BCUT2D eigenvalue weighted by molar-refractivity contribution is 7.99. The van der Waals surface area contributed by atoms with E-state index in [4.69, 9.17) is 10.5 Å². The number of rotatable bonds is 7. The van der Waals surface area contributed by atoms with Crippen LogP contribution >= 0.6 is 11.8 Å². The molecule has 1 aliphatic rings. The normalized spacial score (nSPS) is 25.8. The standard InChI is InChI=1S/C13H28N2OS/c1-12(2)9-15(6-7-16-3)13(10-14)5-4-8-17-11-13/h12H,4-11,14H2,1-3H3. The van der Waals surface area contributed by atoms with Gasteiger partial charge in [0.05, 0.1) is 6.61 Å². The average molecular weight is 260 g/mol. The van der Waals surface area contributed by atoms with Gasteiger partial charge in [0, 0.05) is 38.0 Å². The van der Waals surface area contributed by atoms with E-state index in [0.717, 1.165) is 26.2 Å². The van der Waals surface area contributed by atoms with Crippen LogP contribution in [0.5, 0.6) is 0 Å². The molecule has 1 unspecified atom stereocenters. The number of ether oxygens (including phenoxy) is 1. The number of thioether (sulfide) groups is 1. The third kappa shape index (κ3) is 4.43. The molecule has 1 atom stereocenters. The first-order valence-corrected chi connectivity index (χ1v) is 7.82. The van der Waals surface area contributed by atoms with Crippen LogP contribution < -0.4 is 5.73 Å². The van der Waals surface area contributed by atoms with Crippen LogP contribution in [0.4, 0.5) is 0 Å². The molecule has 1 saturated heterocycles. The largest absolute Gasteiger partial charge is 0.383 e. The number of methoxy groups -OCH3 is 1. The fourth-order valence-corrected chi connectivity index (χ4v) is 3.86. The summed E-state index contributed by atoms with van der Waals surface area (Å²) in [5, 5.41) is 0. The van der Waals surface area contributed by atoms with Crippen LogP contribution in [0, 0.1) is 5.92 Å².